The molecule has 0 saturated heterocycles. The molecule has 2 atom stereocenters. The molecule has 2 amide bonds. The van der Waals surface area contributed by atoms with Crippen LogP contribution in [-0.2, 0) is 9.59 Å². The second kappa shape index (κ2) is 8.20. The number of methoxy groups -OCH3 is 1. The minimum atomic E-state index is -1.22. The van der Waals surface area contributed by atoms with Gasteiger partial charge in [0.15, 0.2) is 18.1 Å². The SMILES string of the molecule is COc1cc(C(O)C(O)CNC(C)=O)ccc1OCC(N)=O. The van der Waals surface area contributed by atoms with Crippen molar-refractivity contribution in [3.05, 3.63) is 23.8 Å². The van der Waals surface area contributed by atoms with E-state index < -0.39 is 18.1 Å². The van der Waals surface area contributed by atoms with Crippen molar-refractivity contribution in [1.82, 2.24) is 5.32 Å². The summed E-state index contributed by atoms with van der Waals surface area (Å²) in [6.45, 7) is 0.926. The average Bonchev–Trinajstić information content (AvgIpc) is 2.49. The Morgan fingerprint density at radius 1 is 1.32 bits per heavy atom. The molecule has 0 spiro atoms. The molecule has 0 aliphatic carbocycles. The Kier molecular flexibility index (Phi) is 6.61. The van der Waals surface area contributed by atoms with Crippen molar-refractivity contribution < 1.29 is 29.3 Å². The first-order valence-electron chi connectivity index (χ1n) is 6.54. The monoisotopic (exact) mass is 312 g/mol. The zero-order valence-electron chi connectivity index (χ0n) is 12.4. The van der Waals surface area contributed by atoms with Crippen LogP contribution >= 0.6 is 0 Å². The quantitative estimate of drug-likeness (QED) is 0.491. The van der Waals surface area contributed by atoms with Crippen molar-refractivity contribution >= 4 is 11.8 Å². The van der Waals surface area contributed by atoms with E-state index in [1.165, 1.54) is 32.2 Å². The third kappa shape index (κ3) is 5.23. The maximum Gasteiger partial charge on any atom is 0.255 e. The maximum atomic E-state index is 10.8. The number of hydrogen-bond acceptors (Lipinski definition) is 6. The summed E-state index contributed by atoms with van der Waals surface area (Å²) in [5.41, 5.74) is 5.37. The highest BCUT2D eigenvalue weighted by Crippen LogP contribution is 2.31. The summed E-state index contributed by atoms with van der Waals surface area (Å²) in [4.78, 5) is 21.5. The van der Waals surface area contributed by atoms with E-state index in [9.17, 15) is 19.8 Å². The number of aliphatic hydroxyl groups excluding tert-OH is 2. The molecule has 1 aromatic carbocycles. The highest BCUT2D eigenvalue weighted by Gasteiger charge is 2.20. The van der Waals surface area contributed by atoms with Gasteiger partial charge in [0.2, 0.25) is 5.91 Å². The zero-order valence-corrected chi connectivity index (χ0v) is 12.4. The molecule has 2 unspecified atom stereocenters. The van der Waals surface area contributed by atoms with Crippen LogP contribution in [0.1, 0.15) is 18.6 Å². The lowest BCUT2D eigenvalue weighted by molar-refractivity contribution is -0.120. The molecule has 0 fully saturated rings. The van der Waals surface area contributed by atoms with Gasteiger partial charge in [-0.2, -0.15) is 0 Å². The van der Waals surface area contributed by atoms with Gasteiger partial charge >= 0.3 is 0 Å². The number of carbonyl (C=O) groups is 2. The molecule has 122 valence electrons. The minimum Gasteiger partial charge on any atom is -0.493 e. The number of nitrogens with two attached hydrogens (primary N) is 1. The fourth-order valence-electron chi connectivity index (χ4n) is 1.72. The number of aliphatic hydroxyl groups is 2. The Bertz CT molecular complexity index is 534. The van der Waals surface area contributed by atoms with Crippen molar-refractivity contribution in [1.29, 1.82) is 0 Å². The summed E-state index contributed by atoms with van der Waals surface area (Å²) in [5.74, 6) is -0.367. The van der Waals surface area contributed by atoms with Gasteiger partial charge in [-0.25, -0.2) is 0 Å². The van der Waals surface area contributed by atoms with E-state index >= 15 is 0 Å². The van der Waals surface area contributed by atoms with E-state index in [2.05, 4.69) is 5.32 Å². The highest BCUT2D eigenvalue weighted by atomic mass is 16.5. The molecule has 8 nitrogen and oxygen atoms in total. The molecule has 0 aliphatic rings. The molecule has 0 aromatic heterocycles. The fourth-order valence-corrected chi connectivity index (χ4v) is 1.72. The van der Waals surface area contributed by atoms with Gasteiger partial charge in [-0.05, 0) is 17.7 Å². The lowest BCUT2D eigenvalue weighted by atomic mass is 10.0. The summed E-state index contributed by atoms with van der Waals surface area (Å²) >= 11 is 0. The van der Waals surface area contributed by atoms with Crippen LogP contribution in [0.3, 0.4) is 0 Å². The topological polar surface area (TPSA) is 131 Å². The van der Waals surface area contributed by atoms with Crippen molar-refractivity contribution in [3.8, 4) is 11.5 Å². The highest BCUT2D eigenvalue weighted by molar-refractivity contribution is 5.75. The number of ether oxygens (including phenoxy) is 2. The van der Waals surface area contributed by atoms with E-state index in [4.69, 9.17) is 15.2 Å². The number of carbonyl (C=O) groups excluding carboxylic acids is 2. The first-order valence-corrected chi connectivity index (χ1v) is 6.54. The number of rotatable bonds is 8. The number of primary amides is 1. The molecule has 8 heteroatoms. The average molecular weight is 312 g/mol. The normalized spacial score (nSPS) is 13.1. The van der Waals surface area contributed by atoms with Gasteiger partial charge in [-0.3, -0.25) is 9.59 Å². The molecule has 0 heterocycles. The zero-order chi connectivity index (χ0) is 16.7. The summed E-state index contributed by atoms with van der Waals surface area (Å²) < 4.78 is 10.3. The van der Waals surface area contributed by atoms with Crippen LogP contribution in [0.5, 0.6) is 11.5 Å². The molecule has 0 aliphatic heterocycles. The Hall–Kier alpha value is -2.32. The van der Waals surface area contributed by atoms with Crippen LogP contribution in [0.15, 0.2) is 18.2 Å². The number of hydrogen-bond donors (Lipinski definition) is 4. The van der Waals surface area contributed by atoms with E-state index in [1.54, 1.807) is 0 Å². The summed E-state index contributed by atoms with van der Waals surface area (Å²) in [6, 6.07) is 4.48. The molecular formula is C14H20N2O6. The lowest BCUT2D eigenvalue weighted by Gasteiger charge is -2.19. The van der Waals surface area contributed by atoms with Crippen LogP contribution in [0.2, 0.25) is 0 Å². The van der Waals surface area contributed by atoms with Gasteiger partial charge in [-0.15, -0.1) is 0 Å². The second-order valence-corrected chi connectivity index (χ2v) is 4.61. The Balaban J connectivity index is 2.82. The minimum absolute atomic E-state index is 0.0846. The molecule has 1 aromatic rings. The molecule has 5 N–H and O–H groups in total. The Morgan fingerprint density at radius 2 is 2.00 bits per heavy atom. The predicted molar refractivity (Wildman–Crippen MR) is 77.3 cm³/mol. The van der Waals surface area contributed by atoms with Gasteiger partial charge in [0.25, 0.3) is 5.91 Å². The number of benzene rings is 1. The van der Waals surface area contributed by atoms with Crippen LogP contribution in [0.4, 0.5) is 0 Å². The molecule has 1 rings (SSSR count). The van der Waals surface area contributed by atoms with E-state index in [1.807, 2.05) is 0 Å². The van der Waals surface area contributed by atoms with E-state index in [0.717, 1.165) is 0 Å². The summed E-state index contributed by atoms with van der Waals surface area (Å²) in [5, 5.41) is 22.3. The van der Waals surface area contributed by atoms with Crippen LogP contribution in [0.25, 0.3) is 0 Å². The van der Waals surface area contributed by atoms with E-state index in [-0.39, 0.29) is 30.6 Å². The number of nitrogens with one attached hydrogen (secondary N) is 1. The van der Waals surface area contributed by atoms with E-state index in [0.29, 0.717) is 5.56 Å². The summed E-state index contributed by atoms with van der Waals surface area (Å²) in [6.07, 6.45) is -2.39. The van der Waals surface area contributed by atoms with Gasteiger partial charge < -0.3 is 30.7 Å². The molecule has 22 heavy (non-hydrogen) atoms. The third-order valence-corrected chi connectivity index (χ3v) is 2.82. The maximum absolute atomic E-state index is 10.8. The molecule has 0 bridgehead atoms. The van der Waals surface area contributed by atoms with Crippen molar-refractivity contribution in [2.24, 2.45) is 5.73 Å². The van der Waals surface area contributed by atoms with Gasteiger partial charge in [0.1, 0.15) is 12.2 Å². The Morgan fingerprint density at radius 3 is 2.55 bits per heavy atom. The largest absolute Gasteiger partial charge is 0.493 e. The smallest absolute Gasteiger partial charge is 0.255 e. The van der Waals surface area contributed by atoms with Crippen LogP contribution in [-0.4, -0.2) is 48.4 Å². The molecule has 0 radical (unpaired) electrons. The van der Waals surface area contributed by atoms with Gasteiger partial charge in [0.05, 0.1) is 7.11 Å². The first-order chi connectivity index (χ1) is 10.3. The molecule has 0 saturated carbocycles. The van der Waals surface area contributed by atoms with Crippen molar-refractivity contribution in [2.75, 3.05) is 20.3 Å². The van der Waals surface area contributed by atoms with Gasteiger partial charge in [-0.1, -0.05) is 6.07 Å². The van der Waals surface area contributed by atoms with Crippen LogP contribution in [0, 0.1) is 0 Å². The fraction of sp³-hybridized carbons (Fsp3) is 0.429. The molecular weight excluding hydrogens is 292 g/mol. The first kappa shape index (κ1) is 17.7. The van der Waals surface area contributed by atoms with Gasteiger partial charge in [0, 0.05) is 13.5 Å². The second-order valence-electron chi connectivity index (χ2n) is 4.61. The predicted octanol–water partition coefficient (Wildman–Crippen LogP) is -0.910. The van der Waals surface area contributed by atoms with Crippen molar-refractivity contribution in [2.45, 2.75) is 19.1 Å². The van der Waals surface area contributed by atoms with Crippen LogP contribution < -0.4 is 20.5 Å². The Labute approximate surface area is 127 Å². The lowest BCUT2D eigenvalue weighted by Crippen LogP contribution is -2.34. The number of amides is 2. The standard InChI is InChI=1S/C14H20N2O6/c1-8(17)16-6-10(18)14(20)9-3-4-11(12(5-9)21-2)22-7-13(15)19/h3-5,10,14,18,20H,6-7H2,1-2H3,(H2,15,19)(H,16,17). The van der Waals surface area contributed by atoms with Crippen molar-refractivity contribution in [3.63, 3.8) is 0 Å². The third-order valence-electron chi connectivity index (χ3n) is 2.82. The summed E-state index contributed by atoms with van der Waals surface area (Å²) in [7, 11) is 1.40.